The first kappa shape index (κ1) is 13.7. The van der Waals surface area contributed by atoms with E-state index in [0.717, 1.165) is 31.6 Å². The van der Waals surface area contributed by atoms with E-state index >= 15 is 0 Å². The summed E-state index contributed by atoms with van der Waals surface area (Å²) in [6, 6.07) is 12.6. The number of aryl methyl sites for hydroxylation is 2. The molecule has 0 amide bonds. The van der Waals surface area contributed by atoms with Crippen LogP contribution in [0.2, 0.25) is 0 Å². The summed E-state index contributed by atoms with van der Waals surface area (Å²) in [4.78, 5) is 0. The van der Waals surface area contributed by atoms with Crippen LogP contribution in [-0.4, -0.2) is 16.3 Å². The summed E-state index contributed by atoms with van der Waals surface area (Å²) < 4.78 is 2.24. The van der Waals surface area contributed by atoms with E-state index in [-0.39, 0.29) is 6.61 Å². The lowest BCUT2D eigenvalue weighted by molar-refractivity contribution is 0.288. The molecule has 0 saturated heterocycles. The molecule has 0 radical (unpaired) electrons. The fourth-order valence-corrected chi connectivity index (χ4v) is 2.23. The van der Waals surface area contributed by atoms with Gasteiger partial charge in [-0.25, -0.2) is 0 Å². The minimum atomic E-state index is 0.252. The van der Waals surface area contributed by atoms with E-state index in [4.69, 9.17) is 5.11 Å². The normalized spacial score (nSPS) is 10.6. The van der Waals surface area contributed by atoms with Crippen LogP contribution in [0.5, 0.6) is 0 Å². The highest BCUT2D eigenvalue weighted by molar-refractivity contribution is 5.46. The van der Waals surface area contributed by atoms with Gasteiger partial charge >= 0.3 is 0 Å². The minimum Gasteiger partial charge on any atom is -0.396 e. The molecule has 19 heavy (non-hydrogen) atoms. The number of aromatic nitrogens is 1. The number of hydrogen-bond acceptors (Lipinski definition) is 2. The lowest BCUT2D eigenvalue weighted by Gasteiger charge is -2.10. The first-order chi connectivity index (χ1) is 9.33. The van der Waals surface area contributed by atoms with Crippen LogP contribution < -0.4 is 5.32 Å². The Labute approximate surface area is 114 Å². The Bertz CT molecular complexity index is 505. The van der Waals surface area contributed by atoms with Crippen molar-refractivity contribution in [2.45, 2.75) is 32.9 Å². The second-order valence-electron chi connectivity index (χ2n) is 4.67. The summed E-state index contributed by atoms with van der Waals surface area (Å²) in [5, 5.41) is 12.3. The molecule has 3 heteroatoms. The van der Waals surface area contributed by atoms with Crippen molar-refractivity contribution in [3.63, 3.8) is 0 Å². The van der Waals surface area contributed by atoms with E-state index in [1.165, 1.54) is 11.3 Å². The molecule has 0 fully saturated rings. The molecule has 0 aliphatic heterocycles. The molecule has 0 saturated carbocycles. The lowest BCUT2D eigenvalue weighted by Crippen LogP contribution is -2.06. The van der Waals surface area contributed by atoms with Crippen LogP contribution in [0, 0.1) is 0 Å². The monoisotopic (exact) mass is 258 g/mol. The van der Waals surface area contributed by atoms with Gasteiger partial charge in [0.15, 0.2) is 0 Å². The van der Waals surface area contributed by atoms with E-state index in [9.17, 15) is 0 Å². The van der Waals surface area contributed by atoms with Gasteiger partial charge in [0.2, 0.25) is 0 Å². The van der Waals surface area contributed by atoms with Gasteiger partial charge in [0.05, 0.1) is 6.54 Å². The SMILES string of the molecule is CCn1cccc1CNc1cccc(CCCO)c1. The Kier molecular flexibility index (Phi) is 5.04. The molecule has 0 aliphatic rings. The van der Waals surface area contributed by atoms with Crippen LogP contribution >= 0.6 is 0 Å². The van der Waals surface area contributed by atoms with Crippen molar-refractivity contribution in [1.82, 2.24) is 4.57 Å². The zero-order chi connectivity index (χ0) is 13.5. The predicted molar refractivity (Wildman–Crippen MR) is 79.3 cm³/mol. The highest BCUT2D eigenvalue weighted by Crippen LogP contribution is 2.14. The highest BCUT2D eigenvalue weighted by Gasteiger charge is 2.00. The Morgan fingerprint density at radius 2 is 2.11 bits per heavy atom. The molecule has 0 atom stereocenters. The average Bonchev–Trinajstić information content (AvgIpc) is 2.91. The number of aliphatic hydroxyl groups excluding tert-OH is 1. The van der Waals surface area contributed by atoms with Gasteiger partial charge in [-0.15, -0.1) is 0 Å². The largest absolute Gasteiger partial charge is 0.396 e. The first-order valence-corrected chi connectivity index (χ1v) is 6.91. The van der Waals surface area contributed by atoms with Gasteiger partial charge in [-0.2, -0.15) is 0 Å². The molecule has 1 aromatic carbocycles. The van der Waals surface area contributed by atoms with E-state index in [0.29, 0.717) is 0 Å². The van der Waals surface area contributed by atoms with Crippen molar-refractivity contribution in [2.75, 3.05) is 11.9 Å². The first-order valence-electron chi connectivity index (χ1n) is 6.91. The molecule has 1 heterocycles. The van der Waals surface area contributed by atoms with E-state index in [1.807, 2.05) is 0 Å². The smallest absolute Gasteiger partial charge is 0.0553 e. The average molecular weight is 258 g/mol. The molecule has 3 nitrogen and oxygen atoms in total. The predicted octanol–water partition coefficient (Wildman–Crippen LogP) is 3.05. The van der Waals surface area contributed by atoms with Crippen molar-refractivity contribution < 1.29 is 5.11 Å². The molecule has 0 unspecified atom stereocenters. The lowest BCUT2D eigenvalue weighted by atomic mass is 10.1. The van der Waals surface area contributed by atoms with Gasteiger partial charge in [0, 0.05) is 30.7 Å². The Balaban J connectivity index is 1.95. The fraction of sp³-hybridized carbons (Fsp3) is 0.375. The van der Waals surface area contributed by atoms with Crippen LogP contribution in [0.25, 0.3) is 0 Å². The molecule has 0 bridgehead atoms. The van der Waals surface area contributed by atoms with Crippen LogP contribution in [0.1, 0.15) is 24.6 Å². The standard InChI is InChI=1S/C16H22N2O/c1-2-18-10-4-9-16(18)13-17-15-8-3-6-14(12-15)7-5-11-19/h3-4,6,8-10,12,17,19H,2,5,7,11,13H2,1H3. The van der Waals surface area contributed by atoms with Gasteiger partial charge in [-0.3, -0.25) is 0 Å². The van der Waals surface area contributed by atoms with Crippen molar-refractivity contribution in [3.05, 3.63) is 53.9 Å². The van der Waals surface area contributed by atoms with Crippen LogP contribution in [0.15, 0.2) is 42.6 Å². The Morgan fingerprint density at radius 1 is 1.21 bits per heavy atom. The van der Waals surface area contributed by atoms with E-state index < -0.39 is 0 Å². The summed E-state index contributed by atoms with van der Waals surface area (Å²) in [5.41, 5.74) is 3.70. The van der Waals surface area contributed by atoms with Crippen molar-refractivity contribution in [1.29, 1.82) is 0 Å². The van der Waals surface area contributed by atoms with E-state index in [1.54, 1.807) is 0 Å². The van der Waals surface area contributed by atoms with Gasteiger partial charge in [-0.1, -0.05) is 12.1 Å². The second kappa shape index (κ2) is 7.00. The quantitative estimate of drug-likeness (QED) is 0.801. The third-order valence-electron chi connectivity index (χ3n) is 3.29. The fourth-order valence-electron chi connectivity index (χ4n) is 2.23. The number of nitrogens with one attached hydrogen (secondary N) is 1. The number of benzene rings is 1. The molecule has 2 rings (SSSR count). The number of hydrogen-bond donors (Lipinski definition) is 2. The maximum absolute atomic E-state index is 8.86. The Morgan fingerprint density at radius 3 is 2.89 bits per heavy atom. The van der Waals surface area contributed by atoms with Gasteiger partial charge < -0.3 is 15.0 Å². The van der Waals surface area contributed by atoms with Gasteiger partial charge in [-0.05, 0) is 49.6 Å². The second-order valence-corrected chi connectivity index (χ2v) is 4.67. The summed E-state index contributed by atoms with van der Waals surface area (Å²) >= 11 is 0. The number of anilines is 1. The third-order valence-corrected chi connectivity index (χ3v) is 3.29. The number of nitrogens with zero attached hydrogens (tertiary/aromatic N) is 1. The molecule has 0 spiro atoms. The summed E-state index contributed by atoms with van der Waals surface area (Å²) in [6.07, 6.45) is 3.86. The van der Waals surface area contributed by atoms with Crippen molar-refractivity contribution in [3.8, 4) is 0 Å². The van der Waals surface area contributed by atoms with Gasteiger partial charge in [0.1, 0.15) is 0 Å². The number of rotatable bonds is 7. The zero-order valence-corrected chi connectivity index (χ0v) is 11.5. The molecule has 2 aromatic rings. The number of aliphatic hydroxyl groups is 1. The third kappa shape index (κ3) is 3.86. The molecular formula is C16H22N2O. The molecule has 1 aromatic heterocycles. The summed E-state index contributed by atoms with van der Waals surface area (Å²) in [7, 11) is 0. The van der Waals surface area contributed by atoms with Gasteiger partial charge in [0.25, 0.3) is 0 Å². The molecule has 0 aliphatic carbocycles. The Hall–Kier alpha value is -1.74. The van der Waals surface area contributed by atoms with E-state index in [2.05, 4.69) is 59.4 Å². The van der Waals surface area contributed by atoms with Crippen LogP contribution in [0.4, 0.5) is 5.69 Å². The topological polar surface area (TPSA) is 37.2 Å². The van der Waals surface area contributed by atoms with Crippen molar-refractivity contribution >= 4 is 5.69 Å². The molecule has 2 N–H and O–H groups in total. The molecular weight excluding hydrogens is 236 g/mol. The minimum absolute atomic E-state index is 0.252. The zero-order valence-electron chi connectivity index (χ0n) is 11.5. The maximum atomic E-state index is 8.86. The summed E-state index contributed by atoms with van der Waals surface area (Å²) in [5.74, 6) is 0. The molecule has 102 valence electrons. The maximum Gasteiger partial charge on any atom is 0.0553 e. The van der Waals surface area contributed by atoms with Crippen LogP contribution in [0.3, 0.4) is 0 Å². The highest BCUT2D eigenvalue weighted by atomic mass is 16.2. The van der Waals surface area contributed by atoms with Crippen molar-refractivity contribution in [2.24, 2.45) is 0 Å². The van der Waals surface area contributed by atoms with Crippen LogP contribution in [-0.2, 0) is 19.5 Å². The summed E-state index contributed by atoms with van der Waals surface area (Å²) in [6.45, 7) is 4.24.